The van der Waals surface area contributed by atoms with Gasteiger partial charge in [0.2, 0.25) is 5.91 Å². The van der Waals surface area contributed by atoms with Gasteiger partial charge in [-0.2, -0.15) is 0 Å². The average molecular weight is 515 g/mol. The van der Waals surface area contributed by atoms with Gasteiger partial charge >= 0.3 is 0 Å². The fraction of sp³-hybridized carbons (Fsp3) is 0.280. The van der Waals surface area contributed by atoms with Crippen LogP contribution in [0.3, 0.4) is 0 Å². The second kappa shape index (κ2) is 9.86. The number of benzene rings is 2. The maximum absolute atomic E-state index is 13.1. The Morgan fingerprint density at radius 2 is 1.82 bits per heavy atom. The van der Waals surface area contributed by atoms with E-state index in [2.05, 4.69) is 4.90 Å². The number of aromatic nitrogens is 2. The molecule has 2 aromatic heterocycles. The first-order chi connectivity index (χ1) is 16.5. The van der Waals surface area contributed by atoms with E-state index < -0.39 is 0 Å². The summed E-state index contributed by atoms with van der Waals surface area (Å²) in [6.07, 6.45) is 2.36. The molecule has 0 N–H and O–H groups in total. The summed E-state index contributed by atoms with van der Waals surface area (Å²) in [4.78, 5) is 22.8. The van der Waals surface area contributed by atoms with Crippen LogP contribution in [0.4, 0.5) is 5.69 Å². The predicted octanol–water partition coefficient (Wildman–Crippen LogP) is 5.66. The van der Waals surface area contributed by atoms with Gasteiger partial charge in [0, 0.05) is 54.7 Å². The largest absolute Gasteiger partial charge is 0.494 e. The first-order valence-electron chi connectivity index (χ1n) is 11.2. The number of anilines is 1. The van der Waals surface area contributed by atoms with Crippen LogP contribution in [0.2, 0.25) is 10.0 Å². The molecule has 6 nitrogen and oxygen atoms in total. The highest BCUT2D eigenvalue weighted by atomic mass is 35.5. The predicted molar refractivity (Wildman–Crippen MR) is 139 cm³/mol. The number of hydrogen-bond donors (Lipinski definition) is 0. The van der Waals surface area contributed by atoms with E-state index >= 15 is 0 Å². The molecular weight excluding hydrogens is 491 g/mol. The highest BCUT2D eigenvalue weighted by molar-refractivity contribution is 7.15. The molecule has 0 atom stereocenters. The minimum atomic E-state index is 0.129. The van der Waals surface area contributed by atoms with Crippen molar-refractivity contribution in [3.8, 4) is 17.0 Å². The zero-order valence-electron chi connectivity index (χ0n) is 18.7. The molecule has 2 aromatic carbocycles. The molecule has 5 rings (SSSR count). The van der Waals surface area contributed by atoms with Crippen LogP contribution >= 0.6 is 34.5 Å². The summed E-state index contributed by atoms with van der Waals surface area (Å²) in [6, 6.07) is 13.6. The molecule has 34 heavy (non-hydrogen) atoms. The maximum Gasteiger partial charge on any atom is 0.228 e. The molecule has 0 saturated carbocycles. The molecule has 1 saturated heterocycles. The van der Waals surface area contributed by atoms with Gasteiger partial charge in [-0.05, 0) is 49.4 Å². The van der Waals surface area contributed by atoms with Gasteiger partial charge in [-0.3, -0.25) is 9.20 Å². The van der Waals surface area contributed by atoms with Crippen LogP contribution in [0.1, 0.15) is 12.6 Å². The summed E-state index contributed by atoms with van der Waals surface area (Å²) in [5.74, 6) is 0.975. The van der Waals surface area contributed by atoms with Gasteiger partial charge in [0.05, 0.1) is 28.8 Å². The van der Waals surface area contributed by atoms with E-state index in [0.717, 1.165) is 46.4 Å². The number of imidazole rings is 1. The van der Waals surface area contributed by atoms with Gasteiger partial charge in [0.25, 0.3) is 0 Å². The van der Waals surface area contributed by atoms with Crippen LogP contribution in [-0.2, 0) is 11.2 Å². The van der Waals surface area contributed by atoms with E-state index in [1.54, 1.807) is 11.3 Å². The lowest BCUT2D eigenvalue weighted by atomic mass is 10.1. The number of piperazine rings is 1. The Balaban J connectivity index is 1.24. The third-order valence-corrected chi connectivity index (χ3v) is 7.61. The summed E-state index contributed by atoms with van der Waals surface area (Å²) >= 11 is 13.8. The fourth-order valence-electron chi connectivity index (χ4n) is 4.15. The molecule has 9 heteroatoms. The van der Waals surface area contributed by atoms with Crippen molar-refractivity contribution in [2.45, 2.75) is 13.3 Å². The molecule has 0 spiro atoms. The van der Waals surface area contributed by atoms with Gasteiger partial charge in [0.1, 0.15) is 5.75 Å². The lowest BCUT2D eigenvalue weighted by Gasteiger charge is -2.36. The van der Waals surface area contributed by atoms with Crippen molar-refractivity contribution in [2.75, 3.05) is 37.7 Å². The van der Waals surface area contributed by atoms with Gasteiger partial charge in [-0.1, -0.05) is 23.2 Å². The molecule has 0 radical (unpaired) electrons. The quantitative estimate of drug-likeness (QED) is 0.333. The Morgan fingerprint density at radius 1 is 1.06 bits per heavy atom. The summed E-state index contributed by atoms with van der Waals surface area (Å²) < 4.78 is 7.55. The SMILES string of the molecule is CCOc1ccc(-c2cn3c(CC(=O)N4CCN(c5ccc(Cl)c(Cl)c5)CC4)csc3n2)cc1. The van der Waals surface area contributed by atoms with E-state index in [1.165, 1.54) is 0 Å². The molecule has 0 unspecified atom stereocenters. The molecule has 1 aliphatic rings. The first-order valence-corrected chi connectivity index (χ1v) is 12.8. The van der Waals surface area contributed by atoms with Crippen LogP contribution in [0, 0.1) is 0 Å². The Labute approximate surface area is 212 Å². The molecule has 0 bridgehead atoms. The van der Waals surface area contributed by atoms with Gasteiger partial charge in [-0.15, -0.1) is 11.3 Å². The second-order valence-corrected chi connectivity index (χ2v) is 9.76. The van der Waals surface area contributed by atoms with E-state index in [0.29, 0.717) is 36.2 Å². The topological polar surface area (TPSA) is 50.1 Å². The van der Waals surface area contributed by atoms with Crippen LogP contribution in [0.5, 0.6) is 5.75 Å². The van der Waals surface area contributed by atoms with Crippen molar-refractivity contribution in [2.24, 2.45) is 0 Å². The van der Waals surface area contributed by atoms with E-state index in [4.69, 9.17) is 32.9 Å². The van der Waals surface area contributed by atoms with Crippen LogP contribution < -0.4 is 9.64 Å². The van der Waals surface area contributed by atoms with Gasteiger partial charge in [-0.25, -0.2) is 4.98 Å². The molecule has 4 aromatic rings. The van der Waals surface area contributed by atoms with Crippen LogP contribution in [-0.4, -0.2) is 53.0 Å². The third-order valence-electron chi connectivity index (χ3n) is 5.98. The first kappa shape index (κ1) is 23.0. The average Bonchev–Trinajstić information content (AvgIpc) is 3.44. The number of carbonyl (C=O) groups excluding carboxylic acids is 1. The number of rotatable bonds is 6. The molecule has 1 fully saturated rings. The number of thiazole rings is 1. The summed E-state index contributed by atoms with van der Waals surface area (Å²) in [6.45, 7) is 5.48. The summed E-state index contributed by atoms with van der Waals surface area (Å²) in [5.41, 5.74) is 3.90. The molecule has 176 valence electrons. The van der Waals surface area contributed by atoms with Crippen molar-refractivity contribution < 1.29 is 9.53 Å². The lowest BCUT2D eigenvalue weighted by molar-refractivity contribution is -0.130. The molecule has 1 aliphatic heterocycles. The van der Waals surface area contributed by atoms with Crippen molar-refractivity contribution in [1.82, 2.24) is 14.3 Å². The highest BCUT2D eigenvalue weighted by Gasteiger charge is 2.23. The normalized spacial score (nSPS) is 14.1. The zero-order chi connectivity index (χ0) is 23.7. The maximum atomic E-state index is 13.1. The molecule has 1 amide bonds. The van der Waals surface area contributed by atoms with Crippen LogP contribution in [0.15, 0.2) is 54.0 Å². The fourth-order valence-corrected chi connectivity index (χ4v) is 5.31. The monoisotopic (exact) mass is 514 g/mol. The van der Waals surface area contributed by atoms with Crippen molar-refractivity contribution in [3.05, 3.63) is 69.8 Å². The van der Waals surface area contributed by atoms with E-state index in [-0.39, 0.29) is 5.91 Å². The van der Waals surface area contributed by atoms with E-state index in [1.807, 2.05) is 70.3 Å². The Bertz CT molecular complexity index is 1310. The van der Waals surface area contributed by atoms with E-state index in [9.17, 15) is 4.79 Å². The number of carbonyl (C=O) groups is 1. The number of amides is 1. The Morgan fingerprint density at radius 3 is 2.53 bits per heavy atom. The zero-order valence-corrected chi connectivity index (χ0v) is 21.0. The smallest absolute Gasteiger partial charge is 0.228 e. The van der Waals surface area contributed by atoms with Gasteiger partial charge < -0.3 is 14.5 Å². The minimum absolute atomic E-state index is 0.129. The van der Waals surface area contributed by atoms with Gasteiger partial charge in [0.15, 0.2) is 4.96 Å². The number of halogens is 2. The van der Waals surface area contributed by atoms with Crippen molar-refractivity contribution in [3.63, 3.8) is 0 Å². The lowest BCUT2D eigenvalue weighted by Crippen LogP contribution is -2.49. The highest BCUT2D eigenvalue weighted by Crippen LogP contribution is 2.28. The minimum Gasteiger partial charge on any atom is -0.494 e. The molecule has 0 aliphatic carbocycles. The number of ether oxygens (including phenoxy) is 1. The molecular formula is C25H24Cl2N4O2S. The third kappa shape index (κ3) is 4.73. The Hall–Kier alpha value is -2.74. The second-order valence-electron chi connectivity index (χ2n) is 8.11. The summed E-state index contributed by atoms with van der Waals surface area (Å²) in [5, 5.41) is 3.12. The number of nitrogens with zero attached hydrogens (tertiary/aromatic N) is 4. The standard InChI is InChI=1S/C25H24Cl2N4O2S/c1-2-33-20-6-3-17(4-7-20)23-15-31-19(16-34-25(31)28-23)14-24(32)30-11-9-29(10-12-30)18-5-8-21(26)22(27)13-18/h3-8,13,15-16H,2,9-12,14H2,1H3. The summed E-state index contributed by atoms with van der Waals surface area (Å²) in [7, 11) is 0. The number of hydrogen-bond acceptors (Lipinski definition) is 5. The molecule has 3 heterocycles. The number of fused-ring (bicyclic) bond motifs is 1. The Kier molecular flexibility index (Phi) is 6.68. The van der Waals surface area contributed by atoms with Crippen LogP contribution in [0.25, 0.3) is 16.2 Å². The van der Waals surface area contributed by atoms with Crippen molar-refractivity contribution in [1.29, 1.82) is 0 Å². The van der Waals surface area contributed by atoms with Crippen molar-refractivity contribution >= 4 is 51.1 Å².